The van der Waals surface area contributed by atoms with Gasteiger partial charge in [-0.2, -0.15) is 13.2 Å². The molecule has 0 fully saturated rings. The molecular weight excluding hydrogens is 207 g/mol. The SMILES string of the molecule is CCc1nccc(OCC(F)(F)F)c1C. The fraction of sp³-hybridized carbons (Fsp3) is 0.500. The van der Waals surface area contributed by atoms with Crippen molar-refractivity contribution in [3.05, 3.63) is 23.5 Å². The second-order valence-corrected chi connectivity index (χ2v) is 3.14. The molecule has 0 atom stereocenters. The average molecular weight is 219 g/mol. The molecule has 0 saturated carbocycles. The predicted octanol–water partition coefficient (Wildman–Crippen LogP) is 2.89. The normalized spacial score (nSPS) is 11.5. The molecule has 0 saturated heterocycles. The number of aryl methyl sites for hydroxylation is 1. The molecule has 5 heteroatoms. The number of aromatic nitrogens is 1. The van der Waals surface area contributed by atoms with E-state index in [2.05, 4.69) is 9.72 Å². The molecule has 0 spiro atoms. The van der Waals surface area contributed by atoms with Gasteiger partial charge in [0, 0.05) is 17.5 Å². The Balaban J connectivity index is 2.78. The average Bonchev–Trinajstić information content (AvgIpc) is 2.15. The first-order chi connectivity index (χ1) is 6.94. The number of rotatable bonds is 3. The summed E-state index contributed by atoms with van der Waals surface area (Å²) >= 11 is 0. The highest BCUT2D eigenvalue weighted by Gasteiger charge is 2.28. The van der Waals surface area contributed by atoms with Crippen LogP contribution >= 0.6 is 0 Å². The van der Waals surface area contributed by atoms with Crippen molar-refractivity contribution in [2.45, 2.75) is 26.4 Å². The fourth-order valence-corrected chi connectivity index (χ4v) is 1.23. The standard InChI is InChI=1S/C10H12F3NO/c1-3-8-7(2)9(4-5-14-8)15-6-10(11,12)13/h4-5H,3,6H2,1-2H3. The Labute approximate surface area is 86.1 Å². The number of nitrogens with zero attached hydrogens (tertiary/aromatic N) is 1. The molecule has 2 nitrogen and oxygen atoms in total. The van der Waals surface area contributed by atoms with Gasteiger partial charge in [0.25, 0.3) is 0 Å². The van der Waals surface area contributed by atoms with E-state index in [9.17, 15) is 13.2 Å². The highest BCUT2D eigenvalue weighted by Crippen LogP contribution is 2.23. The van der Waals surface area contributed by atoms with Crippen molar-refractivity contribution in [3.63, 3.8) is 0 Å². The molecule has 0 aromatic carbocycles. The lowest BCUT2D eigenvalue weighted by Gasteiger charge is -2.12. The molecule has 0 aliphatic carbocycles. The van der Waals surface area contributed by atoms with Crippen LogP contribution in [0.4, 0.5) is 13.2 Å². The molecular formula is C10H12F3NO. The summed E-state index contributed by atoms with van der Waals surface area (Å²) in [5, 5.41) is 0. The second kappa shape index (κ2) is 4.51. The molecule has 15 heavy (non-hydrogen) atoms. The topological polar surface area (TPSA) is 22.1 Å². The zero-order valence-corrected chi connectivity index (χ0v) is 8.56. The van der Waals surface area contributed by atoms with Crippen LogP contribution < -0.4 is 4.74 Å². The van der Waals surface area contributed by atoms with Crippen LogP contribution in [-0.2, 0) is 6.42 Å². The summed E-state index contributed by atoms with van der Waals surface area (Å²) in [7, 11) is 0. The van der Waals surface area contributed by atoms with Gasteiger partial charge in [-0.3, -0.25) is 4.98 Å². The van der Waals surface area contributed by atoms with E-state index in [1.165, 1.54) is 12.3 Å². The lowest BCUT2D eigenvalue weighted by atomic mass is 10.1. The predicted molar refractivity (Wildman–Crippen MR) is 49.9 cm³/mol. The van der Waals surface area contributed by atoms with E-state index in [0.717, 1.165) is 5.69 Å². The van der Waals surface area contributed by atoms with E-state index in [1.54, 1.807) is 6.92 Å². The van der Waals surface area contributed by atoms with Crippen molar-refractivity contribution in [3.8, 4) is 5.75 Å². The van der Waals surface area contributed by atoms with Crippen LogP contribution in [0.2, 0.25) is 0 Å². The minimum Gasteiger partial charge on any atom is -0.484 e. The number of hydrogen-bond donors (Lipinski definition) is 0. The molecule has 0 N–H and O–H groups in total. The van der Waals surface area contributed by atoms with E-state index < -0.39 is 12.8 Å². The summed E-state index contributed by atoms with van der Waals surface area (Å²) in [6.07, 6.45) is -2.17. The van der Waals surface area contributed by atoms with Crippen molar-refractivity contribution >= 4 is 0 Å². The van der Waals surface area contributed by atoms with E-state index in [1.807, 2.05) is 6.92 Å². The number of ether oxygens (including phenoxy) is 1. The zero-order chi connectivity index (χ0) is 11.5. The Morgan fingerprint density at radius 3 is 2.60 bits per heavy atom. The van der Waals surface area contributed by atoms with Crippen molar-refractivity contribution in [1.82, 2.24) is 4.98 Å². The van der Waals surface area contributed by atoms with Crippen LogP contribution in [0.25, 0.3) is 0 Å². The van der Waals surface area contributed by atoms with E-state index in [-0.39, 0.29) is 5.75 Å². The highest BCUT2D eigenvalue weighted by molar-refractivity contribution is 5.34. The van der Waals surface area contributed by atoms with Gasteiger partial charge < -0.3 is 4.74 Å². The summed E-state index contributed by atoms with van der Waals surface area (Å²) in [5.41, 5.74) is 1.43. The van der Waals surface area contributed by atoms with Crippen LogP contribution in [0.5, 0.6) is 5.75 Å². The quantitative estimate of drug-likeness (QED) is 0.779. The molecule has 0 radical (unpaired) electrons. The van der Waals surface area contributed by atoms with Gasteiger partial charge in [-0.25, -0.2) is 0 Å². The fourth-order valence-electron chi connectivity index (χ4n) is 1.23. The Hall–Kier alpha value is -1.26. The van der Waals surface area contributed by atoms with Gasteiger partial charge in [0.2, 0.25) is 0 Å². The maximum atomic E-state index is 11.9. The minimum absolute atomic E-state index is 0.249. The Bertz CT molecular complexity index is 336. The molecule has 84 valence electrons. The Kier molecular flexibility index (Phi) is 3.55. The van der Waals surface area contributed by atoms with Gasteiger partial charge in [-0.05, 0) is 19.4 Å². The third kappa shape index (κ3) is 3.42. The first-order valence-corrected chi connectivity index (χ1v) is 4.58. The minimum atomic E-state index is -4.30. The first-order valence-electron chi connectivity index (χ1n) is 4.58. The Morgan fingerprint density at radius 1 is 1.40 bits per heavy atom. The number of alkyl halides is 3. The maximum absolute atomic E-state index is 11.9. The van der Waals surface area contributed by atoms with Gasteiger partial charge in [-0.15, -0.1) is 0 Å². The summed E-state index contributed by atoms with van der Waals surface area (Å²) in [5.74, 6) is 0.249. The summed E-state index contributed by atoms with van der Waals surface area (Å²) in [6, 6.07) is 1.44. The van der Waals surface area contributed by atoms with Gasteiger partial charge in [0.1, 0.15) is 5.75 Å². The lowest BCUT2D eigenvalue weighted by molar-refractivity contribution is -0.153. The second-order valence-electron chi connectivity index (χ2n) is 3.14. The number of halogens is 3. The zero-order valence-electron chi connectivity index (χ0n) is 8.56. The van der Waals surface area contributed by atoms with Gasteiger partial charge in [0.15, 0.2) is 6.61 Å². The highest BCUT2D eigenvalue weighted by atomic mass is 19.4. The third-order valence-corrected chi connectivity index (χ3v) is 1.98. The van der Waals surface area contributed by atoms with Gasteiger partial charge >= 0.3 is 6.18 Å². The molecule has 0 aliphatic rings. The summed E-state index contributed by atoms with van der Waals surface area (Å²) < 4.78 is 40.4. The van der Waals surface area contributed by atoms with Crippen LogP contribution in [0.1, 0.15) is 18.2 Å². The third-order valence-electron chi connectivity index (χ3n) is 1.98. The molecule has 0 unspecified atom stereocenters. The van der Waals surface area contributed by atoms with E-state index in [0.29, 0.717) is 12.0 Å². The first kappa shape index (κ1) is 11.8. The molecule has 0 bridgehead atoms. The summed E-state index contributed by atoms with van der Waals surface area (Å²) in [4.78, 5) is 4.04. The van der Waals surface area contributed by atoms with E-state index in [4.69, 9.17) is 0 Å². The molecule has 1 rings (SSSR count). The molecule has 1 aromatic heterocycles. The lowest BCUT2D eigenvalue weighted by Crippen LogP contribution is -2.19. The van der Waals surface area contributed by atoms with Crippen molar-refractivity contribution in [1.29, 1.82) is 0 Å². The Morgan fingerprint density at radius 2 is 2.07 bits per heavy atom. The van der Waals surface area contributed by atoms with Gasteiger partial charge in [-0.1, -0.05) is 6.92 Å². The number of hydrogen-bond acceptors (Lipinski definition) is 2. The molecule has 0 amide bonds. The molecule has 1 heterocycles. The molecule has 0 aliphatic heterocycles. The van der Waals surface area contributed by atoms with Crippen LogP contribution in [0, 0.1) is 6.92 Å². The van der Waals surface area contributed by atoms with Crippen LogP contribution in [0.3, 0.4) is 0 Å². The monoisotopic (exact) mass is 219 g/mol. The largest absolute Gasteiger partial charge is 0.484 e. The van der Waals surface area contributed by atoms with Crippen molar-refractivity contribution in [2.24, 2.45) is 0 Å². The van der Waals surface area contributed by atoms with Crippen LogP contribution in [0.15, 0.2) is 12.3 Å². The van der Waals surface area contributed by atoms with Crippen molar-refractivity contribution in [2.75, 3.05) is 6.61 Å². The smallest absolute Gasteiger partial charge is 0.422 e. The summed E-state index contributed by atoms with van der Waals surface area (Å²) in [6.45, 7) is 2.33. The van der Waals surface area contributed by atoms with Crippen LogP contribution in [-0.4, -0.2) is 17.8 Å². The molecule has 1 aromatic rings. The maximum Gasteiger partial charge on any atom is 0.422 e. The van der Waals surface area contributed by atoms with E-state index >= 15 is 0 Å². The number of pyridine rings is 1. The van der Waals surface area contributed by atoms with Gasteiger partial charge in [0.05, 0.1) is 0 Å². The van der Waals surface area contributed by atoms with Crippen molar-refractivity contribution < 1.29 is 17.9 Å².